The standard InChI is InChI=1S/C22H17F2N5O/c1-13-18(17-7-6-16(23)8-19(17)24)9-21-27-20(10-22(30)29(21)28-13)26-12-15-4-2-14(11-25)3-5-15/h2-8,10,18,26H,9,12H2,1H3. The Morgan fingerprint density at radius 2 is 1.97 bits per heavy atom. The van der Waals surface area contributed by atoms with Crippen LogP contribution in [0.2, 0.25) is 0 Å². The first kappa shape index (κ1) is 19.5. The molecule has 4 rings (SSSR count). The number of nitrogens with zero attached hydrogens (tertiary/aromatic N) is 4. The minimum Gasteiger partial charge on any atom is -0.366 e. The van der Waals surface area contributed by atoms with Crippen molar-refractivity contribution >= 4 is 11.5 Å². The molecule has 0 bridgehead atoms. The van der Waals surface area contributed by atoms with E-state index in [0.717, 1.165) is 11.6 Å². The molecule has 0 aliphatic carbocycles. The van der Waals surface area contributed by atoms with Crippen molar-refractivity contribution in [2.24, 2.45) is 5.10 Å². The first-order valence-corrected chi connectivity index (χ1v) is 9.31. The number of anilines is 1. The molecule has 0 radical (unpaired) electrons. The largest absolute Gasteiger partial charge is 0.366 e. The van der Waals surface area contributed by atoms with Gasteiger partial charge < -0.3 is 5.32 Å². The lowest BCUT2D eigenvalue weighted by atomic mass is 9.90. The van der Waals surface area contributed by atoms with Crippen LogP contribution in [0.3, 0.4) is 0 Å². The van der Waals surface area contributed by atoms with Crippen molar-refractivity contribution in [3.63, 3.8) is 0 Å². The Balaban J connectivity index is 1.59. The Labute approximate surface area is 171 Å². The van der Waals surface area contributed by atoms with Crippen LogP contribution in [-0.4, -0.2) is 15.4 Å². The maximum absolute atomic E-state index is 14.3. The summed E-state index contributed by atoms with van der Waals surface area (Å²) in [4.78, 5) is 17.0. The van der Waals surface area contributed by atoms with E-state index < -0.39 is 17.6 Å². The second-order valence-electron chi connectivity index (χ2n) is 7.03. The molecule has 1 unspecified atom stereocenters. The number of halogens is 2. The van der Waals surface area contributed by atoms with Crippen LogP contribution >= 0.6 is 0 Å². The van der Waals surface area contributed by atoms with E-state index in [-0.39, 0.29) is 12.0 Å². The predicted octanol–water partition coefficient (Wildman–Crippen LogP) is 3.57. The van der Waals surface area contributed by atoms with E-state index in [1.165, 1.54) is 22.9 Å². The van der Waals surface area contributed by atoms with Crippen LogP contribution in [0, 0.1) is 23.0 Å². The number of hydrogen-bond donors (Lipinski definition) is 1. The van der Waals surface area contributed by atoms with Crippen LogP contribution in [-0.2, 0) is 13.0 Å². The van der Waals surface area contributed by atoms with Gasteiger partial charge in [0, 0.05) is 36.7 Å². The van der Waals surface area contributed by atoms with E-state index in [4.69, 9.17) is 5.26 Å². The minimum absolute atomic E-state index is 0.263. The molecule has 0 spiro atoms. The minimum atomic E-state index is -0.652. The molecule has 8 heteroatoms. The van der Waals surface area contributed by atoms with E-state index in [1.54, 1.807) is 19.1 Å². The highest BCUT2D eigenvalue weighted by atomic mass is 19.1. The zero-order valence-corrected chi connectivity index (χ0v) is 16.1. The molecule has 2 aromatic carbocycles. The fourth-order valence-corrected chi connectivity index (χ4v) is 3.42. The molecular weight excluding hydrogens is 388 g/mol. The van der Waals surface area contributed by atoms with Crippen LogP contribution in [0.25, 0.3) is 0 Å². The molecule has 1 aliphatic heterocycles. The summed E-state index contributed by atoms with van der Waals surface area (Å²) in [5.41, 5.74) is 2.01. The monoisotopic (exact) mass is 405 g/mol. The average molecular weight is 405 g/mol. The number of benzene rings is 2. The number of aromatic nitrogens is 2. The summed E-state index contributed by atoms with van der Waals surface area (Å²) in [6.07, 6.45) is 0.263. The summed E-state index contributed by atoms with van der Waals surface area (Å²) >= 11 is 0. The summed E-state index contributed by atoms with van der Waals surface area (Å²) < 4.78 is 28.8. The van der Waals surface area contributed by atoms with Gasteiger partial charge in [-0.25, -0.2) is 13.8 Å². The average Bonchev–Trinajstić information content (AvgIpc) is 2.73. The highest BCUT2D eigenvalue weighted by molar-refractivity contribution is 5.89. The quantitative estimate of drug-likeness (QED) is 0.719. The van der Waals surface area contributed by atoms with Gasteiger partial charge in [-0.15, -0.1) is 0 Å². The van der Waals surface area contributed by atoms with Gasteiger partial charge in [-0.2, -0.15) is 15.0 Å². The highest BCUT2D eigenvalue weighted by Crippen LogP contribution is 2.28. The van der Waals surface area contributed by atoms with E-state index in [0.29, 0.717) is 35.0 Å². The Morgan fingerprint density at radius 3 is 2.67 bits per heavy atom. The molecule has 0 amide bonds. The van der Waals surface area contributed by atoms with Gasteiger partial charge in [0.15, 0.2) is 0 Å². The second kappa shape index (κ2) is 7.87. The molecule has 2 heterocycles. The SMILES string of the molecule is CC1=Nn2c(nc(NCc3ccc(C#N)cc3)cc2=O)CC1c1ccc(F)cc1F. The molecule has 1 N–H and O–H groups in total. The van der Waals surface area contributed by atoms with E-state index in [2.05, 4.69) is 21.5 Å². The summed E-state index contributed by atoms with van der Waals surface area (Å²) in [5.74, 6) is -0.967. The van der Waals surface area contributed by atoms with Gasteiger partial charge in [-0.05, 0) is 36.2 Å². The van der Waals surface area contributed by atoms with Crippen molar-refractivity contribution in [1.29, 1.82) is 5.26 Å². The molecule has 6 nitrogen and oxygen atoms in total. The van der Waals surface area contributed by atoms with E-state index in [1.807, 2.05) is 12.1 Å². The van der Waals surface area contributed by atoms with Crippen LogP contribution in [0.4, 0.5) is 14.6 Å². The van der Waals surface area contributed by atoms with Gasteiger partial charge in [-0.1, -0.05) is 18.2 Å². The fraction of sp³-hybridized carbons (Fsp3) is 0.182. The maximum Gasteiger partial charge on any atom is 0.276 e. The van der Waals surface area contributed by atoms with Crippen molar-refractivity contribution in [3.05, 3.63) is 93.0 Å². The molecule has 0 saturated carbocycles. The predicted molar refractivity (Wildman–Crippen MR) is 108 cm³/mol. The van der Waals surface area contributed by atoms with Gasteiger partial charge in [0.1, 0.15) is 23.3 Å². The highest BCUT2D eigenvalue weighted by Gasteiger charge is 2.26. The first-order chi connectivity index (χ1) is 14.4. The van der Waals surface area contributed by atoms with Gasteiger partial charge in [0.25, 0.3) is 5.56 Å². The molecule has 30 heavy (non-hydrogen) atoms. The number of nitrogens with one attached hydrogen (secondary N) is 1. The Morgan fingerprint density at radius 1 is 1.20 bits per heavy atom. The lowest BCUT2D eigenvalue weighted by molar-refractivity contribution is 0.558. The third-order valence-corrected chi connectivity index (χ3v) is 5.01. The summed E-state index contributed by atoms with van der Waals surface area (Å²) in [5, 5.41) is 16.2. The van der Waals surface area contributed by atoms with Crippen molar-refractivity contribution < 1.29 is 8.78 Å². The lowest BCUT2D eigenvalue weighted by Gasteiger charge is -2.24. The summed E-state index contributed by atoms with van der Waals surface area (Å²) in [7, 11) is 0. The van der Waals surface area contributed by atoms with Crippen molar-refractivity contribution in [2.45, 2.75) is 25.8 Å². The Kier molecular flexibility index (Phi) is 5.11. The van der Waals surface area contributed by atoms with Crippen molar-refractivity contribution in [2.75, 3.05) is 5.32 Å². The first-order valence-electron chi connectivity index (χ1n) is 9.31. The fourth-order valence-electron chi connectivity index (χ4n) is 3.42. The normalized spacial score (nSPS) is 15.1. The van der Waals surface area contributed by atoms with Crippen LogP contribution in [0.1, 0.15) is 35.4 Å². The van der Waals surface area contributed by atoms with Gasteiger partial charge >= 0.3 is 0 Å². The van der Waals surface area contributed by atoms with Crippen LogP contribution in [0.5, 0.6) is 0 Å². The molecule has 1 atom stereocenters. The Hall–Kier alpha value is -3.86. The number of hydrogen-bond acceptors (Lipinski definition) is 5. The summed E-state index contributed by atoms with van der Waals surface area (Å²) in [6, 6.07) is 13.9. The topological polar surface area (TPSA) is 83.1 Å². The lowest BCUT2D eigenvalue weighted by Crippen LogP contribution is -2.31. The van der Waals surface area contributed by atoms with Crippen LogP contribution in [0.15, 0.2) is 58.4 Å². The molecule has 1 aliphatic rings. The van der Waals surface area contributed by atoms with Crippen molar-refractivity contribution in [3.8, 4) is 6.07 Å². The van der Waals surface area contributed by atoms with E-state index >= 15 is 0 Å². The zero-order valence-electron chi connectivity index (χ0n) is 16.1. The maximum atomic E-state index is 14.3. The molecule has 150 valence electrons. The molecule has 3 aromatic rings. The molecule has 0 saturated heterocycles. The van der Waals surface area contributed by atoms with Gasteiger partial charge in [0.05, 0.1) is 11.6 Å². The van der Waals surface area contributed by atoms with Crippen LogP contribution < -0.4 is 10.9 Å². The molecule has 0 fully saturated rings. The third-order valence-electron chi connectivity index (χ3n) is 5.01. The number of fused-ring (bicyclic) bond motifs is 1. The smallest absolute Gasteiger partial charge is 0.276 e. The van der Waals surface area contributed by atoms with Crippen molar-refractivity contribution in [1.82, 2.24) is 9.66 Å². The number of rotatable bonds is 4. The molecule has 1 aromatic heterocycles. The Bertz CT molecular complexity index is 1240. The van der Waals surface area contributed by atoms with Gasteiger partial charge in [0.2, 0.25) is 0 Å². The summed E-state index contributed by atoms with van der Waals surface area (Å²) in [6.45, 7) is 2.12. The number of nitriles is 1. The zero-order chi connectivity index (χ0) is 21.3. The van der Waals surface area contributed by atoms with Gasteiger partial charge in [-0.3, -0.25) is 4.79 Å². The second-order valence-corrected chi connectivity index (χ2v) is 7.03. The third kappa shape index (κ3) is 3.82. The molecular formula is C22H17F2N5O. The van der Waals surface area contributed by atoms with E-state index in [9.17, 15) is 13.6 Å².